The topological polar surface area (TPSA) is 38.8 Å². The van der Waals surface area contributed by atoms with Crippen LogP contribution in [-0.4, -0.2) is 13.1 Å². The van der Waals surface area contributed by atoms with E-state index in [-0.39, 0.29) is 5.97 Å². The number of carbonyl (C=O) groups excluding carboxylic acids is 1. The molecule has 200 valence electrons. The molecule has 0 aliphatic rings. The van der Waals surface area contributed by atoms with Crippen LogP contribution in [-0.2, 0) is 4.79 Å². The fourth-order valence-electron chi connectivity index (χ4n) is 4.59. The third kappa shape index (κ3) is 6.33. The Kier molecular flexibility index (Phi) is 8.13. The predicted molar refractivity (Wildman–Crippen MR) is 166 cm³/mol. The van der Waals surface area contributed by atoms with Crippen molar-refractivity contribution in [2.75, 3.05) is 12.0 Å². The number of anilines is 3. The van der Waals surface area contributed by atoms with Gasteiger partial charge in [0.2, 0.25) is 0 Å². The van der Waals surface area contributed by atoms with Gasteiger partial charge in [-0.05, 0) is 108 Å². The zero-order valence-electron chi connectivity index (χ0n) is 23.0. The summed E-state index contributed by atoms with van der Waals surface area (Å²) in [6.45, 7) is 5.64. The van der Waals surface area contributed by atoms with Crippen molar-refractivity contribution in [2.45, 2.75) is 20.8 Å². The lowest BCUT2D eigenvalue weighted by atomic mass is 9.97. The van der Waals surface area contributed by atoms with Gasteiger partial charge in [-0.3, -0.25) is 4.79 Å². The van der Waals surface area contributed by atoms with E-state index in [1.165, 1.54) is 18.1 Å². The molecule has 0 N–H and O–H groups in total. The van der Waals surface area contributed by atoms with Gasteiger partial charge in [0, 0.05) is 23.2 Å². The molecular formula is C35H31NO3S. The Morgan fingerprint density at radius 1 is 0.725 bits per heavy atom. The second kappa shape index (κ2) is 12.1. The van der Waals surface area contributed by atoms with E-state index >= 15 is 0 Å². The van der Waals surface area contributed by atoms with Gasteiger partial charge in [-0.25, -0.2) is 0 Å². The van der Waals surface area contributed by atoms with Crippen LogP contribution in [0.25, 0.3) is 11.6 Å². The molecule has 40 heavy (non-hydrogen) atoms. The second-order valence-corrected chi connectivity index (χ2v) is 10.7. The molecule has 4 nitrogen and oxygen atoms in total. The Morgan fingerprint density at radius 3 is 1.77 bits per heavy atom. The van der Waals surface area contributed by atoms with E-state index in [1.54, 1.807) is 18.4 Å². The largest absolute Gasteiger partial charge is 0.497 e. The highest BCUT2D eigenvalue weighted by Crippen LogP contribution is 2.41. The Morgan fingerprint density at radius 2 is 1.27 bits per heavy atom. The van der Waals surface area contributed by atoms with Crippen LogP contribution in [0.1, 0.15) is 34.1 Å². The molecule has 0 amide bonds. The van der Waals surface area contributed by atoms with Gasteiger partial charge in [0.05, 0.1) is 7.11 Å². The lowest BCUT2D eigenvalue weighted by molar-refractivity contribution is -0.131. The average Bonchev–Trinajstić information content (AvgIpc) is 3.40. The van der Waals surface area contributed by atoms with Crippen molar-refractivity contribution in [1.82, 2.24) is 0 Å². The molecule has 0 spiro atoms. The van der Waals surface area contributed by atoms with Crippen LogP contribution in [0.5, 0.6) is 11.5 Å². The summed E-state index contributed by atoms with van der Waals surface area (Å²) in [6, 6.07) is 37.2. The molecule has 1 heterocycles. The van der Waals surface area contributed by atoms with E-state index in [0.717, 1.165) is 43.7 Å². The summed E-state index contributed by atoms with van der Waals surface area (Å²) < 4.78 is 10.6. The van der Waals surface area contributed by atoms with Gasteiger partial charge in [-0.2, -0.15) is 0 Å². The zero-order chi connectivity index (χ0) is 28.1. The van der Waals surface area contributed by atoms with E-state index in [0.29, 0.717) is 5.75 Å². The van der Waals surface area contributed by atoms with Gasteiger partial charge < -0.3 is 14.4 Å². The molecule has 0 radical (unpaired) electrons. The molecule has 0 saturated heterocycles. The molecule has 1 aromatic heterocycles. The van der Waals surface area contributed by atoms with Gasteiger partial charge in [0.15, 0.2) is 0 Å². The lowest BCUT2D eigenvalue weighted by Crippen LogP contribution is -2.08. The fourth-order valence-corrected chi connectivity index (χ4v) is 5.58. The summed E-state index contributed by atoms with van der Waals surface area (Å²) in [5.74, 6) is 0.992. The predicted octanol–water partition coefficient (Wildman–Crippen LogP) is 9.36. The van der Waals surface area contributed by atoms with Gasteiger partial charge in [0.25, 0.3) is 0 Å². The molecule has 4 aromatic carbocycles. The van der Waals surface area contributed by atoms with Crippen LogP contribution in [0.2, 0.25) is 0 Å². The van der Waals surface area contributed by atoms with Crippen LogP contribution >= 0.6 is 11.3 Å². The second-order valence-electron chi connectivity index (χ2n) is 9.59. The zero-order valence-corrected chi connectivity index (χ0v) is 23.9. The first kappa shape index (κ1) is 27.0. The molecular weight excluding hydrogens is 514 g/mol. The van der Waals surface area contributed by atoms with E-state index in [9.17, 15) is 4.79 Å². The van der Waals surface area contributed by atoms with Crippen molar-refractivity contribution >= 4 is 45.3 Å². The Bertz CT molecular complexity index is 1600. The van der Waals surface area contributed by atoms with E-state index in [2.05, 4.69) is 97.6 Å². The number of hydrogen-bond acceptors (Lipinski definition) is 5. The first-order valence-electron chi connectivity index (χ1n) is 13.1. The first-order valence-corrected chi connectivity index (χ1v) is 13.9. The number of hydrogen-bond donors (Lipinski definition) is 0. The van der Waals surface area contributed by atoms with Gasteiger partial charge in [-0.15, -0.1) is 11.3 Å². The lowest BCUT2D eigenvalue weighted by Gasteiger charge is -2.24. The number of ether oxygens (including phenoxy) is 2. The minimum Gasteiger partial charge on any atom is -0.497 e. The van der Waals surface area contributed by atoms with E-state index < -0.39 is 0 Å². The van der Waals surface area contributed by atoms with Gasteiger partial charge >= 0.3 is 5.97 Å². The number of rotatable bonds is 8. The molecule has 0 atom stereocenters. The standard InChI is InChI=1S/C35H31NO3S/c1-24-7-5-9-29(21-24)36(30-10-6-8-25(2)22-30)35-20-19-33(40-35)23-34(27-11-15-31(38-4)16-12-27)28-13-17-32(18-14-28)39-26(3)37/h5-23H,1-4H3. The molecule has 0 fully saturated rings. The maximum Gasteiger partial charge on any atom is 0.308 e. The monoisotopic (exact) mass is 545 g/mol. The fraction of sp³-hybridized carbons (Fsp3) is 0.114. The smallest absolute Gasteiger partial charge is 0.308 e. The summed E-state index contributed by atoms with van der Waals surface area (Å²) in [6.07, 6.45) is 2.21. The van der Waals surface area contributed by atoms with Crippen molar-refractivity contribution in [3.63, 3.8) is 0 Å². The van der Waals surface area contributed by atoms with E-state index in [1.807, 2.05) is 36.4 Å². The van der Waals surface area contributed by atoms with Crippen molar-refractivity contribution in [3.05, 3.63) is 136 Å². The minimum absolute atomic E-state index is 0.337. The van der Waals surface area contributed by atoms with Crippen LogP contribution < -0.4 is 14.4 Å². The SMILES string of the molecule is COc1ccc(C(=Cc2ccc(N(c3cccc(C)c3)c3cccc(C)c3)s2)c2ccc(OC(C)=O)cc2)cc1. The normalized spacial score (nSPS) is 11.2. The summed E-state index contributed by atoms with van der Waals surface area (Å²) in [4.78, 5) is 14.8. The third-order valence-corrected chi connectivity index (χ3v) is 7.48. The number of aryl methyl sites for hydroxylation is 2. The number of esters is 1. The van der Waals surface area contributed by atoms with Crippen LogP contribution in [0.15, 0.2) is 109 Å². The molecule has 0 bridgehead atoms. The molecule has 5 rings (SSSR count). The summed E-state index contributed by atoms with van der Waals surface area (Å²) in [7, 11) is 1.67. The third-order valence-electron chi connectivity index (χ3n) is 6.47. The van der Waals surface area contributed by atoms with Crippen molar-refractivity contribution in [3.8, 4) is 11.5 Å². The molecule has 5 heteroatoms. The number of thiophene rings is 1. The van der Waals surface area contributed by atoms with Crippen molar-refractivity contribution < 1.29 is 14.3 Å². The highest BCUT2D eigenvalue weighted by atomic mass is 32.1. The molecule has 5 aromatic rings. The number of benzene rings is 4. The Labute approximate surface area is 239 Å². The van der Waals surface area contributed by atoms with Gasteiger partial charge in [-0.1, -0.05) is 48.5 Å². The Hall–Kier alpha value is -4.61. The molecule has 0 saturated carbocycles. The molecule has 0 aliphatic carbocycles. The quantitative estimate of drug-likeness (QED) is 0.144. The Balaban J connectivity index is 1.58. The summed E-state index contributed by atoms with van der Waals surface area (Å²) in [5.41, 5.74) is 7.81. The number of carbonyl (C=O) groups is 1. The van der Waals surface area contributed by atoms with Crippen LogP contribution in [0.4, 0.5) is 16.4 Å². The number of methoxy groups -OCH3 is 1. The molecule has 0 unspecified atom stereocenters. The van der Waals surface area contributed by atoms with Crippen molar-refractivity contribution in [1.29, 1.82) is 0 Å². The highest BCUT2D eigenvalue weighted by molar-refractivity contribution is 7.17. The maximum atomic E-state index is 11.4. The average molecular weight is 546 g/mol. The minimum atomic E-state index is -0.337. The van der Waals surface area contributed by atoms with E-state index in [4.69, 9.17) is 9.47 Å². The highest BCUT2D eigenvalue weighted by Gasteiger charge is 2.16. The maximum absolute atomic E-state index is 11.4. The molecule has 0 aliphatic heterocycles. The number of nitrogens with zero attached hydrogens (tertiary/aromatic N) is 1. The summed E-state index contributed by atoms with van der Waals surface area (Å²) >= 11 is 1.73. The first-order chi connectivity index (χ1) is 19.4. The van der Waals surface area contributed by atoms with Crippen molar-refractivity contribution in [2.24, 2.45) is 0 Å². The van der Waals surface area contributed by atoms with Crippen LogP contribution in [0.3, 0.4) is 0 Å². The summed E-state index contributed by atoms with van der Waals surface area (Å²) in [5, 5.41) is 1.13. The van der Waals surface area contributed by atoms with Crippen LogP contribution in [0, 0.1) is 13.8 Å². The van der Waals surface area contributed by atoms with Gasteiger partial charge in [0.1, 0.15) is 16.5 Å².